The lowest BCUT2D eigenvalue weighted by Gasteiger charge is -2.24. The van der Waals surface area contributed by atoms with Crippen LogP contribution in [0.2, 0.25) is 0 Å². The van der Waals surface area contributed by atoms with E-state index in [1.54, 1.807) is 0 Å². The zero-order chi connectivity index (χ0) is 12.8. The molecule has 1 aliphatic heterocycles. The first-order valence-corrected chi connectivity index (χ1v) is 6.86. The van der Waals surface area contributed by atoms with Crippen molar-refractivity contribution in [3.63, 3.8) is 0 Å². The molecule has 0 radical (unpaired) electrons. The SMILES string of the molecule is CCCNc1cc(N2CCCOC(C)C2)ccn1. The molecule has 100 valence electrons. The van der Waals surface area contributed by atoms with Crippen LogP contribution in [0, 0.1) is 0 Å². The number of pyridine rings is 1. The molecule has 1 aliphatic rings. The number of anilines is 2. The Morgan fingerprint density at radius 3 is 3.28 bits per heavy atom. The zero-order valence-corrected chi connectivity index (χ0v) is 11.4. The summed E-state index contributed by atoms with van der Waals surface area (Å²) in [4.78, 5) is 6.73. The van der Waals surface area contributed by atoms with E-state index in [0.29, 0.717) is 6.10 Å². The molecule has 2 rings (SSSR count). The van der Waals surface area contributed by atoms with Crippen molar-refractivity contribution in [2.45, 2.75) is 32.8 Å². The highest BCUT2D eigenvalue weighted by molar-refractivity contribution is 5.54. The van der Waals surface area contributed by atoms with E-state index in [-0.39, 0.29) is 0 Å². The summed E-state index contributed by atoms with van der Waals surface area (Å²) >= 11 is 0. The predicted molar refractivity (Wildman–Crippen MR) is 75.3 cm³/mol. The number of nitrogens with one attached hydrogen (secondary N) is 1. The molecule has 0 saturated carbocycles. The second-order valence-corrected chi connectivity index (χ2v) is 4.81. The largest absolute Gasteiger partial charge is 0.377 e. The first-order valence-electron chi connectivity index (χ1n) is 6.86. The van der Waals surface area contributed by atoms with Crippen molar-refractivity contribution in [3.8, 4) is 0 Å². The van der Waals surface area contributed by atoms with E-state index in [2.05, 4.69) is 41.2 Å². The Morgan fingerprint density at radius 2 is 2.44 bits per heavy atom. The molecule has 1 atom stereocenters. The van der Waals surface area contributed by atoms with Gasteiger partial charge in [0.25, 0.3) is 0 Å². The molecule has 0 bridgehead atoms. The van der Waals surface area contributed by atoms with Gasteiger partial charge >= 0.3 is 0 Å². The van der Waals surface area contributed by atoms with Crippen LogP contribution in [-0.2, 0) is 4.74 Å². The minimum Gasteiger partial charge on any atom is -0.377 e. The predicted octanol–water partition coefficient (Wildman–Crippen LogP) is 2.52. The van der Waals surface area contributed by atoms with Gasteiger partial charge in [0.2, 0.25) is 0 Å². The summed E-state index contributed by atoms with van der Waals surface area (Å²) in [6.07, 6.45) is 4.38. The van der Waals surface area contributed by atoms with E-state index in [0.717, 1.165) is 44.9 Å². The number of aromatic nitrogens is 1. The fourth-order valence-corrected chi connectivity index (χ4v) is 2.19. The first-order chi connectivity index (χ1) is 8.79. The monoisotopic (exact) mass is 249 g/mol. The van der Waals surface area contributed by atoms with Crippen LogP contribution in [0.15, 0.2) is 18.3 Å². The third-order valence-corrected chi connectivity index (χ3v) is 3.12. The molecule has 0 amide bonds. The smallest absolute Gasteiger partial charge is 0.127 e. The van der Waals surface area contributed by atoms with Crippen LogP contribution in [0.25, 0.3) is 0 Å². The Morgan fingerprint density at radius 1 is 1.56 bits per heavy atom. The van der Waals surface area contributed by atoms with Crippen LogP contribution >= 0.6 is 0 Å². The maximum absolute atomic E-state index is 5.68. The molecule has 1 saturated heterocycles. The van der Waals surface area contributed by atoms with Gasteiger partial charge < -0.3 is 15.0 Å². The lowest BCUT2D eigenvalue weighted by Crippen LogP contribution is -2.30. The maximum atomic E-state index is 5.68. The molecular formula is C14H23N3O. The van der Waals surface area contributed by atoms with Crippen LogP contribution < -0.4 is 10.2 Å². The zero-order valence-electron chi connectivity index (χ0n) is 11.4. The fourth-order valence-electron chi connectivity index (χ4n) is 2.19. The van der Waals surface area contributed by atoms with Crippen LogP contribution in [0.4, 0.5) is 11.5 Å². The van der Waals surface area contributed by atoms with Gasteiger partial charge in [0.15, 0.2) is 0 Å². The van der Waals surface area contributed by atoms with E-state index < -0.39 is 0 Å². The Hall–Kier alpha value is -1.29. The van der Waals surface area contributed by atoms with Gasteiger partial charge in [-0.2, -0.15) is 0 Å². The summed E-state index contributed by atoms with van der Waals surface area (Å²) in [6.45, 7) is 8.14. The van der Waals surface area contributed by atoms with Gasteiger partial charge in [0.05, 0.1) is 6.10 Å². The normalized spacial score (nSPS) is 20.6. The molecule has 2 heterocycles. The molecular weight excluding hydrogens is 226 g/mol. The number of rotatable bonds is 4. The first kappa shape index (κ1) is 13.1. The fraction of sp³-hybridized carbons (Fsp3) is 0.643. The molecule has 4 heteroatoms. The molecule has 0 aromatic carbocycles. The van der Waals surface area contributed by atoms with Gasteiger partial charge in [-0.3, -0.25) is 0 Å². The number of nitrogens with zero attached hydrogens (tertiary/aromatic N) is 2. The van der Waals surface area contributed by atoms with Gasteiger partial charge in [-0.15, -0.1) is 0 Å². The van der Waals surface area contributed by atoms with Crippen LogP contribution in [0.5, 0.6) is 0 Å². The van der Waals surface area contributed by atoms with Crippen LogP contribution in [-0.4, -0.2) is 37.3 Å². The highest BCUT2D eigenvalue weighted by Crippen LogP contribution is 2.20. The van der Waals surface area contributed by atoms with Crippen LogP contribution in [0.1, 0.15) is 26.7 Å². The Labute approximate surface area is 109 Å². The summed E-state index contributed by atoms with van der Waals surface area (Å²) in [5.41, 5.74) is 1.24. The molecule has 1 aromatic rings. The average molecular weight is 249 g/mol. The third kappa shape index (κ3) is 3.60. The molecule has 1 fully saturated rings. The molecule has 0 spiro atoms. The summed E-state index contributed by atoms with van der Waals surface area (Å²) in [5, 5.41) is 3.33. The van der Waals surface area contributed by atoms with E-state index >= 15 is 0 Å². The number of hydrogen-bond acceptors (Lipinski definition) is 4. The summed E-state index contributed by atoms with van der Waals surface area (Å²) in [5.74, 6) is 0.965. The Bertz CT molecular complexity index is 370. The second kappa shape index (κ2) is 6.59. The highest BCUT2D eigenvalue weighted by Gasteiger charge is 2.15. The van der Waals surface area contributed by atoms with Gasteiger partial charge in [-0.1, -0.05) is 6.92 Å². The van der Waals surface area contributed by atoms with E-state index in [1.807, 2.05) is 6.20 Å². The van der Waals surface area contributed by atoms with Gasteiger partial charge in [0, 0.05) is 44.2 Å². The van der Waals surface area contributed by atoms with Crippen molar-refractivity contribution in [2.75, 3.05) is 36.5 Å². The summed E-state index contributed by atoms with van der Waals surface area (Å²) in [7, 11) is 0. The quantitative estimate of drug-likeness (QED) is 0.889. The molecule has 1 aromatic heterocycles. The van der Waals surface area contributed by atoms with Gasteiger partial charge in [-0.05, 0) is 25.8 Å². The van der Waals surface area contributed by atoms with Crippen molar-refractivity contribution in [1.82, 2.24) is 4.98 Å². The van der Waals surface area contributed by atoms with E-state index in [1.165, 1.54) is 5.69 Å². The molecule has 4 nitrogen and oxygen atoms in total. The van der Waals surface area contributed by atoms with Crippen molar-refractivity contribution >= 4 is 11.5 Å². The Kier molecular flexibility index (Phi) is 4.81. The molecule has 0 aliphatic carbocycles. The molecule has 1 unspecified atom stereocenters. The van der Waals surface area contributed by atoms with Gasteiger partial charge in [0.1, 0.15) is 5.82 Å². The topological polar surface area (TPSA) is 37.4 Å². The number of ether oxygens (including phenoxy) is 1. The minimum absolute atomic E-state index is 0.299. The average Bonchev–Trinajstić information content (AvgIpc) is 2.61. The third-order valence-electron chi connectivity index (χ3n) is 3.12. The second-order valence-electron chi connectivity index (χ2n) is 4.81. The van der Waals surface area contributed by atoms with Crippen molar-refractivity contribution in [1.29, 1.82) is 0 Å². The van der Waals surface area contributed by atoms with Crippen molar-refractivity contribution < 1.29 is 4.74 Å². The summed E-state index contributed by atoms with van der Waals surface area (Å²) in [6, 6.07) is 4.21. The van der Waals surface area contributed by atoms with Crippen molar-refractivity contribution in [2.24, 2.45) is 0 Å². The minimum atomic E-state index is 0.299. The standard InChI is InChI=1S/C14H23N3O/c1-3-6-15-14-10-13(5-7-16-14)17-8-4-9-18-12(2)11-17/h5,7,10,12H,3-4,6,8-9,11H2,1-2H3,(H,15,16). The van der Waals surface area contributed by atoms with Crippen LogP contribution in [0.3, 0.4) is 0 Å². The maximum Gasteiger partial charge on any atom is 0.127 e. The van der Waals surface area contributed by atoms with Crippen molar-refractivity contribution in [3.05, 3.63) is 18.3 Å². The molecule has 18 heavy (non-hydrogen) atoms. The molecule has 1 N–H and O–H groups in total. The summed E-state index contributed by atoms with van der Waals surface area (Å²) < 4.78 is 5.68. The number of hydrogen-bond donors (Lipinski definition) is 1. The van der Waals surface area contributed by atoms with Gasteiger partial charge in [-0.25, -0.2) is 4.98 Å². The van der Waals surface area contributed by atoms with E-state index in [4.69, 9.17) is 4.74 Å². The lowest BCUT2D eigenvalue weighted by molar-refractivity contribution is 0.0821. The Balaban J connectivity index is 2.06. The highest BCUT2D eigenvalue weighted by atomic mass is 16.5. The lowest BCUT2D eigenvalue weighted by atomic mass is 10.3. The van der Waals surface area contributed by atoms with E-state index in [9.17, 15) is 0 Å².